The molecule has 2 fully saturated rings. The minimum atomic E-state index is -0.326. The number of aromatic nitrogens is 2. The van der Waals surface area contributed by atoms with E-state index in [1.54, 1.807) is 35.5 Å². The van der Waals surface area contributed by atoms with E-state index >= 15 is 0 Å². The zero-order chi connectivity index (χ0) is 19.8. The lowest BCUT2D eigenvalue weighted by molar-refractivity contribution is -0.136. The molecule has 0 N–H and O–H groups in total. The average Bonchev–Trinajstić information content (AvgIpc) is 3.40. The molecule has 9 nitrogen and oxygen atoms in total. The first-order valence-corrected chi connectivity index (χ1v) is 9.70. The summed E-state index contributed by atoms with van der Waals surface area (Å²) in [7, 11) is 0. The maximum atomic E-state index is 13.0. The molecule has 0 bridgehead atoms. The molecule has 0 radical (unpaired) electrons. The monoisotopic (exact) mass is 395 g/mol. The van der Waals surface area contributed by atoms with Crippen LogP contribution in [-0.4, -0.2) is 66.2 Å². The van der Waals surface area contributed by atoms with Gasteiger partial charge in [0.2, 0.25) is 24.6 Å². The summed E-state index contributed by atoms with van der Waals surface area (Å²) in [6.45, 7) is 3.15. The molecule has 9 heteroatoms. The van der Waals surface area contributed by atoms with E-state index in [-0.39, 0.29) is 30.9 Å². The Morgan fingerprint density at radius 2 is 1.79 bits per heavy atom. The predicted molar refractivity (Wildman–Crippen MR) is 104 cm³/mol. The largest absolute Gasteiger partial charge is 0.454 e. The maximum absolute atomic E-state index is 13.0. The number of nitrogens with zero attached hydrogens (tertiary/aromatic N) is 5. The van der Waals surface area contributed by atoms with Crippen molar-refractivity contribution in [1.29, 1.82) is 0 Å². The summed E-state index contributed by atoms with van der Waals surface area (Å²) in [4.78, 5) is 39.7. The second kappa shape index (κ2) is 7.23. The van der Waals surface area contributed by atoms with Crippen molar-refractivity contribution < 1.29 is 19.1 Å². The van der Waals surface area contributed by atoms with Gasteiger partial charge in [0.15, 0.2) is 11.5 Å². The number of hydrogen-bond acceptors (Lipinski definition) is 7. The smallest absolute Gasteiger partial charge is 0.231 e. The Hall–Kier alpha value is -3.36. The van der Waals surface area contributed by atoms with E-state index in [1.807, 2.05) is 11.0 Å². The van der Waals surface area contributed by atoms with Gasteiger partial charge < -0.3 is 24.2 Å². The molecule has 29 heavy (non-hydrogen) atoms. The first-order chi connectivity index (χ1) is 14.2. The summed E-state index contributed by atoms with van der Waals surface area (Å²) in [6, 6.07) is 7.21. The summed E-state index contributed by atoms with van der Waals surface area (Å²) < 4.78 is 10.7. The molecular formula is C20H21N5O4. The molecule has 3 aliphatic heterocycles. The number of hydrogen-bond donors (Lipinski definition) is 0. The van der Waals surface area contributed by atoms with Crippen LogP contribution in [0.4, 0.5) is 11.6 Å². The number of carbonyl (C=O) groups excluding carboxylic acids is 2. The van der Waals surface area contributed by atoms with Crippen LogP contribution in [0.3, 0.4) is 0 Å². The molecule has 0 spiro atoms. The molecule has 2 amide bonds. The van der Waals surface area contributed by atoms with Gasteiger partial charge in [0.05, 0.1) is 5.92 Å². The Morgan fingerprint density at radius 1 is 1.03 bits per heavy atom. The van der Waals surface area contributed by atoms with Crippen LogP contribution in [0.25, 0.3) is 0 Å². The van der Waals surface area contributed by atoms with Crippen molar-refractivity contribution in [2.45, 2.75) is 6.42 Å². The molecule has 2 aromatic rings. The highest BCUT2D eigenvalue weighted by molar-refractivity contribution is 6.00. The lowest BCUT2D eigenvalue weighted by Gasteiger charge is -2.35. The Balaban J connectivity index is 1.22. The topological polar surface area (TPSA) is 88.1 Å². The summed E-state index contributed by atoms with van der Waals surface area (Å²) in [5.41, 5.74) is 0.737. The number of fused-ring (bicyclic) bond motifs is 1. The molecule has 2 saturated heterocycles. The highest BCUT2D eigenvalue weighted by atomic mass is 16.7. The number of amides is 2. The van der Waals surface area contributed by atoms with Gasteiger partial charge in [-0.2, -0.15) is 0 Å². The third-order valence-electron chi connectivity index (χ3n) is 5.57. The summed E-state index contributed by atoms with van der Waals surface area (Å²) in [5.74, 6) is 1.66. The number of rotatable bonds is 3. The van der Waals surface area contributed by atoms with Crippen LogP contribution in [0.5, 0.6) is 11.5 Å². The van der Waals surface area contributed by atoms with Gasteiger partial charge >= 0.3 is 0 Å². The minimum absolute atomic E-state index is 0.0372. The number of anilines is 2. The van der Waals surface area contributed by atoms with Gasteiger partial charge in [-0.05, 0) is 18.2 Å². The van der Waals surface area contributed by atoms with Crippen LogP contribution >= 0.6 is 0 Å². The number of benzene rings is 1. The fourth-order valence-corrected chi connectivity index (χ4v) is 4.02. The van der Waals surface area contributed by atoms with E-state index in [2.05, 4.69) is 14.9 Å². The fraction of sp³-hybridized carbons (Fsp3) is 0.400. The highest BCUT2D eigenvalue weighted by Crippen LogP contribution is 2.37. The number of carbonyl (C=O) groups is 2. The predicted octanol–water partition coefficient (Wildman–Crippen LogP) is 0.907. The molecule has 3 aliphatic rings. The molecule has 1 aromatic carbocycles. The molecular weight excluding hydrogens is 374 g/mol. The van der Waals surface area contributed by atoms with Crippen LogP contribution in [0, 0.1) is 5.92 Å². The van der Waals surface area contributed by atoms with Crippen molar-refractivity contribution in [3.63, 3.8) is 0 Å². The SMILES string of the molecule is O=C(C1CC(=O)N(c2ccc3c(c2)OCO3)C1)N1CCN(c2ncccn2)CC1. The molecule has 150 valence electrons. The van der Waals surface area contributed by atoms with Gasteiger partial charge in [-0.15, -0.1) is 0 Å². The van der Waals surface area contributed by atoms with E-state index in [4.69, 9.17) is 9.47 Å². The lowest BCUT2D eigenvalue weighted by Crippen LogP contribution is -2.51. The van der Waals surface area contributed by atoms with Crippen LogP contribution in [-0.2, 0) is 9.59 Å². The zero-order valence-corrected chi connectivity index (χ0v) is 15.9. The van der Waals surface area contributed by atoms with Crippen LogP contribution in [0.15, 0.2) is 36.7 Å². The van der Waals surface area contributed by atoms with Crippen molar-refractivity contribution in [3.8, 4) is 11.5 Å². The molecule has 1 aromatic heterocycles. The van der Waals surface area contributed by atoms with Gasteiger partial charge in [-0.3, -0.25) is 9.59 Å². The summed E-state index contributed by atoms with van der Waals surface area (Å²) >= 11 is 0. The molecule has 1 atom stereocenters. The van der Waals surface area contributed by atoms with E-state index in [0.717, 1.165) is 5.69 Å². The minimum Gasteiger partial charge on any atom is -0.454 e. The van der Waals surface area contributed by atoms with Gasteiger partial charge in [-0.25, -0.2) is 9.97 Å². The van der Waals surface area contributed by atoms with E-state index < -0.39 is 0 Å². The number of ether oxygens (including phenoxy) is 2. The standard InChI is InChI=1S/C20H21N5O4/c26-18-10-14(12-25(18)15-2-3-16-17(11-15)29-13-28-16)19(27)23-6-8-24(9-7-23)20-21-4-1-5-22-20/h1-5,11,14H,6-10,12-13H2. The van der Waals surface area contributed by atoms with Gasteiger partial charge in [0.1, 0.15) is 0 Å². The zero-order valence-electron chi connectivity index (χ0n) is 15.9. The van der Waals surface area contributed by atoms with Crippen molar-refractivity contribution in [2.24, 2.45) is 5.92 Å². The second-order valence-corrected chi connectivity index (χ2v) is 7.30. The maximum Gasteiger partial charge on any atom is 0.231 e. The van der Waals surface area contributed by atoms with E-state index in [1.165, 1.54) is 0 Å². The Labute approximate surface area is 167 Å². The Bertz CT molecular complexity index is 930. The van der Waals surface area contributed by atoms with Crippen LogP contribution in [0.2, 0.25) is 0 Å². The normalized spacial score (nSPS) is 21.0. The van der Waals surface area contributed by atoms with Gasteiger partial charge in [0, 0.05) is 63.3 Å². The van der Waals surface area contributed by atoms with Gasteiger partial charge in [-0.1, -0.05) is 0 Å². The van der Waals surface area contributed by atoms with Crippen molar-refractivity contribution in [2.75, 3.05) is 49.3 Å². The first-order valence-electron chi connectivity index (χ1n) is 9.70. The molecule has 0 aliphatic carbocycles. The quantitative estimate of drug-likeness (QED) is 0.763. The summed E-state index contributed by atoms with van der Waals surface area (Å²) in [6.07, 6.45) is 3.67. The third-order valence-corrected chi connectivity index (χ3v) is 5.57. The van der Waals surface area contributed by atoms with Gasteiger partial charge in [0.25, 0.3) is 0 Å². The highest BCUT2D eigenvalue weighted by Gasteiger charge is 2.38. The number of piperazine rings is 1. The molecule has 0 saturated carbocycles. The molecule has 5 rings (SSSR count). The second-order valence-electron chi connectivity index (χ2n) is 7.30. The van der Waals surface area contributed by atoms with Crippen molar-refractivity contribution >= 4 is 23.5 Å². The Kier molecular flexibility index (Phi) is 4.42. The van der Waals surface area contributed by atoms with Crippen molar-refractivity contribution in [3.05, 3.63) is 36.7 Å². The molecule has 4 heterocycles. The van der Waals surface area contributed by atoms with Crippen LogP contribution in [0.1, 0.15) is 6.42 Å². The van der Waals surface area contributed by atoms with Crippen molar-refractivity contribution in [1.82, 2.24) is 14.9 Å². The average molecular weight is 395 g/mol. The van der Waals surface area contributed by atoms with E-state index in [0.29, 0.717) is 50.2 Å². The lowest BCUT2D eigenvalue weighted by atomic mass is 10.1. The summed E-state index contributed by atoms with van der Waals surface area (Å²) in [5, 5.41) is 0. The first kappa shape index (κ1) is 17.7. The Morgan fingerprint density at radius 3 is 2.59 bits per heavy atom. The van der Waals surface area contributed by atoms with E-state index in [9.17, 15) is 9.59 Å². The third kappa shape index (κ3) is 3.32. The molecule has 1 unspecified atom stereocenters. The van der Waals surface area contributed by atoms with Crippen LogP contribution < -0.4 is 19.3 Å². The fourth-order valence-electron chi connectivity index (χ4n) is 4.02.